The van der Waals surface area contributed by atoms with E-state index in [2.05, 4.69) is 20.6 Å². The molecule has 0 saturated heterocycles. The highest BCUT2D eigenvalue weighted by Gasteiger charge is 2.18. The number of amides is 1. The van der Waals surface area contributed by atoms with Gasteiger partial charge in [-0.15, -0.1) is 0 Å². The third kappa shape index (κ3) is 2.63. The van der Waals surface area contributed by atoms with Crippen LogP contribution in [0.3, 0.4) is 0 Å². The number of nitrogens with zero attached hydrogens (tertiary/aromatic N) is 3. The van der Waals surface area contributed by atoms with E-state index in [0.29, 0.717) is 16.5 Å². The van der Waals surface area contributed by atoms with E-state index in [1.807, 2.05) is 26.0 Å². The number of hydrogen-bond donors (Lipinski definition) is 2. The number of fused-ring (bicyclic) bond motifs is 2. The number of benzene rings is 2. The molecular weight excluding hydrogens is 330 g/mol. The summed E-state index contributed by atoms with van der Waals surface area (Å²) in [7, 11) is 0. The highest BCUT2D eigenvalue weighted by molar-refractivity contribution is 6.11. The van der Waals surface area contributed by atoms with Crippen LogP contribution in [0.5, 0.6) is 0 Å². The van der Waals surface area contributed by atoms with Crippen LogP contribution in [-0.4, -0.2) is 25.9 Å². The fraction of sp³-hybridized carbons (Fsp3) is 0.158. The molecule has 7 nitrogen and oxygen atoms in total. The fourth-order valence-electron chi connectivity index (χ4n) is 2.94. The largest absolute Gasteiger partial charge is 0.321 e. The molecule has 0 aliphatic carbocycles. The molecule has 0 bridgehead atoms. The molecule has 0 atom stereocenters. The molecule has 2 heterocycles. The molecule has 0 fully saturated rings. The summed E-state index contributed by atoms with van der Waals surface area (Å²) >= 11 is 0. The average Bonchev–Trinajstić information content (AvgIpc) is 3.09. The maximum Gasteiger partial charge on any atom is 0.276 e. The summed E-state index contributed by atoms with van der Waals surface area (Å²) in [6.07, 6.45) is 1.69. The van der Waals surface area contributed by atoms with Crippen LogP contribution in [0.25, 0.3) is 21.7 Å². The lowest BCUT2D eigenvalue weighted by molar-refractivity contribution is 0.102. The molecule has 26 heavy (non-hydrogen) atoms. The first-order valence-corrected chi connectivity index (χ1v) is 8.30. The summed E-state index contributed by atoms with van der Waals surface area (Å²) in [6.45, 7) is 3.72. The van der Waals surface area contributed by atoms with Crippen molar-refractivity contribution in [3.8, 4) is 0 Å². The molecule has 4 aromatic rings. The Balaban J connectivity index is 1.80. The summed E-state index contributed by atoms with van der Waals surface area (Å²) in [5.74, 6) is -0.363. The van der Waals surface area contributed by atoms with Crippen LogP contribution < -0.4 is 10.9 Å². The van der Waals surface area contributed by atoms with Gasteiger partial charge in [0.05, 0.1) is 23.1 Å². The van der Waals surface area contributed by atoms with Crippen molar-refractivity contribution in [1.29, 1.82) is 0 Å². The Morgan fingerprint density at radius 2 is 1.92 bits per heavy atom. The van der Waals surface area contributed by atoms with E-state index >= 15 is 0 Å². The number of H-pyrrole nitrogens is 1. The summed E-state index contributed by atoms with van der Waals surface area (Å²) in [4.78, 5) is 25.5. The monoisotopic (exact) mass is 347 g/mol. The standard InChI is InChI=1S/C19H17N5O2/c1-11(2)24-19(26)15-6-4-3-5-14(15)17(23-24)18(25)21-13-7-8-16-12(9-13)10-20-22-16/h3-11H,1-2H3,(H,20,22)(H,21,25). The van der Waals surface area contributed by atoms with Crippen molar-refractivity contribution in [3.63, 3.8) is 0 Å². The first-order chi connectivity index (χ1) is 12.5. The molecule has 4 rings (SSSR count). The van der Waals surface area contributed by atoms with Crippen LogP contribution in [0, 0.1) is 0 Å². The SMILES string of the molecule is CC(C)n1nc(C(=O)Nc2ccc3[nH]ncc3c2)c2ccccc2c1=O. The molecule has 130 valence electrons. The van der Waals surface area contributed by atoms with E-state index in [1.165, 1.54) is 4.68 Å². The Labute approximate surface area is 148 Å². The number of anilines is 1. The lowest BCUT2D eigenvalue weighted by Crippen LogP contribution is -2.28. The second-order valence-corrected chi connectivity index (χ2v) is 6.36. The second-order valence-electron chi connectivity index (χ2n) is 6.36. The predicted octanol–water partition coefficient (Wildman–Crippen LogP) is 3.11. The summed E-state index contributed by atoms with van der Waals surface area (Å²) in [6, 6.07) is 12.3. The van der Waals surface area contributed by atoms with E-state index in [1.54, 1.807) is 36.5 Å². The molecule has 7 heteroatoms. The Kier molecular flexibility index (Phi) is 3.76. The topological polar surface area (TPSA) is 92.7 Å². The number of aromatic amines is 1. The van der Waals surface area contributed by atoms with Crippen molar-refractivity contribution < 1.29 is 4.79 Å². The van der Waals surface area contributed by atoms with Gasteiger partial charge in [-0.3, -0.25) is 14.7 Å². The molecule has 2 N–H and O–H groups in total. The quantitative estimate of drug-likeness (QED) is 0.595. The maximum absolute atomic E-state index is 12.9. The number of aromatic nitrogens is 4. The molecule has 0 unspecified atom stereocenters. The van der Waals surface area contributed by atoms with Gasteiger partial charge in [-0.05, 0) is 38.1 Å². The number of hydrogen-bond acceptors (Lipinski definition) is 4. The predicted molar refractivity (Wildman–Crippen MR) is 100 cm³/mol. The van der Waals surface area contributed by atoms with Gasteiger partial charge in [0.15, 0.2) is 5.69 Å². The summed E-state index contributed by atoms with van der Waals surface area (Å²) in [5.41, 5.74) is 1.55. The van der Waals surface area contributed by atoms with Crippen LogP contribution in [0.15, 0.2) is 53.5 Å². The normalized spacial score (nSPS) is 11.3. The van der Waals surface area contributed by atoms with Gasteiger partial charge < -0.3 is 5.32 Å². The van der Waals surface area contributed by atoms with Crippen molar-refractivity contribution in [3.05, 3.63) is 64.7 Å². The molecule has 0 saturated carbocycles. The summed E-state index contributed by atoms with van der Waals surface area (Å²) in [5, 5.41) is 15.9. The number of carbonyl (C=O) groups excluding carboxylic acids is 1. The minimum absolute atomic E-state index is 0.152. The zero-order valence-electron chi connectivity index (χ0n) is 14.4. The lowest BCUT2D eigenvalue weighted by atomic mass is 10.1. The average molecular weight is 347 g/mol. The van der Waals surface area contributed by atoms with Crippen LogP contribution in [-0.2, 0) is 0 Å². The Hall–Kier alpha value is -3.48. The molecule has 2 aromatic carbocycles. The molecule has 1 amide bonds. The minimum atomic E-state index is -0.363. The smallest absolute Gasteiger partial charge is 0.276 e. The van der Waals surface area contributed by atoms with E-state index in [-0.39, 0.29) is 23.2 Å². The lowest BCUT2D eigenvalue weighted by Gasteiger charge is -2.13. The molecular formula is C19H17N5O2. The second kappa shape index (κ2) is 6.11. The van der Waals surface area contributed by atoms with E-state index in [0.717, 1.165) is 10.9 Å². The molecule has 0 aliphatic rings. The van der Waals surface area contributed by atoms with Crippen molar-refractivity contribution >= 4 is 33.3 Å². The van der Waals surface area contributed by atoms with E-state index in [4.69, 9.17) is 0 Å². The zero-order chi connectivity index (χ0) is 18.3. The van der Waals surface area contributed by atoms with Crippen molar-refractivity contribution in [1.82, 2.24) is 20.0 Å². The molecule has 0 radical (unpaired) electrons. The molecule has 2 aromatic heterocycles. The Morgan fingerprint density at radius 3 is 2.69 bits per heavy atom. The fourth-order valence-corrected chi connectivity index (χ4v) is 2.94. The van der Waals surface area contributed by atoms with Crippen molar-refractivity contribution in [2.24, 2.45) is 0 Å². The van der Waals surface area contributed by atoms with Gasteiger partial charge in [0.2, 0.25) is 0 Å². The number of nitrogens with one attached hydrogen (secondary N) is 2. The molecule has 0 aliphatic heterocycles. The van der Waals surface area contributed by atoms with Crippen molar-refractivity contribution in [2.75, 3.05) is 5.32 Å². The van der Waals surface area contributed by atoms with Gasteiger partial charge in [0, 0.05) is 16.5 Å². The van der Waals surface area contributed by atoms with Crippen LogP contribution in [0.1, 0.15) is 30.4 Å². The van der Waals surface area contributed by atoms with Gasteiger partial charge in [-0.1, -0.05) is 18.2 Å². The Morgan fingerprint density at radius 1 is 1.15 bits per heavy atom. The van der Waals surface area contributed by atoms with Gasteiger partial charge in [-0.25, -0.2) is 4.68 Å². The first kappa shape index (κ1) is 16.0. The minimum Gasteiger partial charge on any atom is -0.321 e. The van der Waals surface area contributed by atoms with Crippen LogP contribution in [0.2, 0.25) is 0 Å². The first-order valence-electron chi connectivity index (χ1n) is 8.30. The zero-order valence-corrected chi connectivity index (χ0v) is 14.4. The number of rotatable bonds is 3. The number of carbonyl (C=O) groups is 1. The van der Waals surface area contributed by atoms with Gasteiger partial charge in [0.1, 0.15) is 0 Å². The maximum atomic E-state index is 12.9. The molecule has 0 spiro atoms. The van der Waals surface area contributed by atoms with E-state index in [9.17, 15) is 9.59 Å². The Bertz CT molecular complexity index is 1190. The van der Waals surface area contributed by atoms with Gasteiger partial charge in [-0.2, -0.15) is 10.2 Å². The third-order valence-electron chi connectivity index (χ3n) is 4.23. The van der Waals surface area contributed by atoms with E-state index < -0.39 is 0 Å². The van der Waals surface area contributed by atoms with Crippen LogP contribution in [0.4, 0.5) is 5.69 Å². The van der Waals surface area contributed by atoms with Crippen LogP contribution >= 0.6 is 0 Å². The highest BCUT2D eigenvalue weighted by atomic mass is 16.2. The van der Waals surface area contributed by atoms with Crippen molar-refractivity contribution in [2.45, 2.75) is 19.9 Å². The summed E-state index contributed by atoms with van der Waals surface area (Å²) < 4.78 is 1.34. The van der Waals surface area contributed by atoms with Gasteiger partial charge in [0.25, 0.3) is 11.5 Å². The third-order valence-corrected chi connectivity index (χ3v) is 4.23. The highest BCUT2D eigenvalue weighted by Crippen LogP contribution is 2.19. The van der Waals surface area contributed by atoms with Gasteiger partial charge >= 0.3 is 0 Å².